The van der Waals surface area contributed by atoms with Gasteiger partial charge in [-0.25, -0.2) is 9.69 Å². The highest BCUT2D eigenvalue weighted by Gasteiger charge is 2.53. The number of barbiturate groups is 1. The molecule has 1 N–H and O–H groups in total. The minimum atomic E-state index is -1.41. The summed E-state index contributed by atoms with van der Waals surface area (Å²) >= 11 is 3.36. The number of pyridine rings is 1. The van der Waals surface area contributed by atoms with E-state index in [0.29, 0.717) is 12.1 Å². The summed E-state index contributed by atoms with van der Waals surface area (Å²) in [5, 5.41) is 2.42. The molecule has 1 fully saturated rings. The Labute approximate surface area is 188 Å². The summed E-state index contributed by atoms with van der Waals surface area (Å²) in [5.41, 5.74) is 0.825. The van der Waals surface area contributed by atoms with Gasteiger partial charge in [-0.2, -0.15) is 0 Å². The van der Waals surface area contributed by atoms with E-state index in [-0.39, 0.29) is 12.8 Å². The summed E-state index contributed by atoms with van der Waals surface area (Å²) < 4.78 is 0.824. The number of nitrogens with one attached hydrogen (secondary N) is 1. The molecule has 0 bridgehead atoms. The van der Waals surface area contributed by atoms with Gasteiger partial charge < -0.3 is 0 Å². The highest BCUT2D eigenvalue weighted by atomic mass is 79.9. The number of anilines is 1. The first-order chi connectivity index (χ1) is 15.0. The summed E-state index contributed by atoms with van der Waals surface area (Å²) in [6, 6.07) is 19.2. The van der Waals surface area contributed by atoms with Crippen molar-refractivity contribution in [3.63, 3.8) is 0 Å². The molecule has 2 heterocycles. The third kappa shape index (κ3) is 4.27. The van der Waals surface area contributed by atoms with Crippen molar-refractivity contribution in [1.29, 1.82) is 0 Å². The number of carbonyl (C=O) groups excluding carboxylic acids is 3. The van der Waals surface area contributed by atoms with Crippen LogP contribution in [0.25, 0.3) is 0 Å². The van der Waals surface area contributed by atoms with Gasteiger partial charge in [-0.15, -0.1) is 0 Å². The smallest absolute Gasteiger partial charge is 0.276 e. The Morgan fingerprint density at radius 1 is 0.871 bits per heavy atom. The Balaban J connectivity index is 1.74. The molecule has 0 radical (unpaired) electrons. The van der Waals surface area contributed by atoms with E-state index in [0.717, 1.165) is 20.5 Å². The number of amides is 4. The van der Waals surface area contributed by atoms with Crippen LogP contribution in [0.4, 0.5) is 10.5 Å². The van der Waals surface area contributed by atoms with Crippen LogP contribution in [-0.2, 0) is 22.4 Å². The van der Waals surface area contributed by atoms with E-state index in [1.165, 1.54) is 0 Å². The van der Waals surface area contributed by atoms with Crippen molar-refractivity contribution in [2.75, 3.05) is 4.90 Å². The molecule has 1 aliphatic heterocycles. The Hall–Kier alpha value is -3.32. The normalized spacial score (nSPS) is 18.7. The molecule has 3 aromatic rings. The van der Waals surface area contributed by atoms with Crippen LogP contribution in [0, 0.1) is 5.41 Å². The zero-order valence-electron chi connectivity index (χ0n) is 16.6. The van der Waals surface area contributed by atoms with E-state index in [1.807, 2.05) is 42.5 Å². The Morgan fingerprint density at radius 2 is 1.55 bits per heavy atom. The summed E-state index contributed by atoms with van der Waals surface area (Å²) in [6.07, 6.45) is 4.32. The maximum Gasteiger partial charge on any atom is 0.335 e. The van der Waals surface area contributed by atoms with Crippen molar-refractivity contribution in [3.8, 4) is 0 Å². The maximum atomic E-state index is 13.8. The molecular weight excluding hydrogens is 458 g/mol. The molecule has 4 rings (SSSR count). The van der Waals surface area contributed by atoms with E-state index in [1.54, 1.807) is 36.7 Å². The highest BCUT2D eigenvalue weighted by molar-refractivity contribution is 9.10. The van der Waals surface area contributed by atoms with Gasteiger partial charge in [0, 0.05) is 16.9 Å². The topological polar surface area (TPSA) is 79.4 Å². The molecule has 7 heteroatoms. The van der Waals surface area contributed by atoms with Crippen molar-refractivity contribution < 1.29 is 14.4 Å². The quantitative estimate of drug-likeness (QED) is 0.537. The zero-order valence-corrected chi connectivity index (χ0v) is 18.2. The average Bonchev–Trinajstić information content (AvgIpc) is 2.78. The summed E-state index contributed by atoms with van der Waals surface area (Å²) in [4.78, 5) is 44.8. The third-order valence-electron chi connectivity index (χ3n) is 5.49. The fourth-order valence-electron chi connectivity index (χ4n) is 3.82. The molecule has 1 aromatic heterocycles. The number of hydrogen-bond donors (Lipinski definition) is 1. The van der Waals surface area contributed by atoms with Gasteiger partial charge in [-0.05, 0) is 66.8 Å². The summed E-state index contributed by atoms with van der Waals surface area (Å²) in [7, 11) is 0. The van der Waals surface area contributed by atoms with E-state index >= 15 is 0 Å². The van der Waals surface area contributed by atoms with Crippen LogP contribution in [0.15, 0.2) is 83.6 Å². The molecule has 2 aromatic carbocycles. The predicted molar refractivity (Wildman–Crippen MR) is 120 cm³/mol. The fourth-order valence-corrected chi connectivity index (χ4v) is 4.08. The molecule has 4 amide bonds. The lowest BCUT2D eigenvalue weighted by Gasteiger charge is -2.39. The Bertz CT molecular complexity index is 1100. The van der Waals surface area contributed by atoms with E-state index in [9.17, 15) is 14.4 Å². The lowest BCUT2D eigenvalue weighted by atomic mass is 9.73. The number of nitrogens with zero attached hydrogens (tertiary/aromatic N) is 2. The molecule has 0 aliphatic carbocycles. The number of halogens is 1. The Kier molecular flexibility index (Phi) is 5.95. The summed E-state index contributed by atoms with van der Waals surface area (Å²) in [6.45, 7) is 0. The zero-order chi connectivity index (χ0) is 21.8. The first kappa shape index (κ1) is 20.9. The third-order valence-corrected chi connectivity index (χ3v) is 6.02. The number of rotatable bonds is 6. The number of aryl methyl sites for hydroxylation is 1. The standard InChI is InChI=1S/C24H20BrN3O3/c25-19-6-8-20(9-7-19)28-22(30)24(21(29)27-23(28)31,16-18-4-2-1-3-5-18)13-10-17-11-14-26-15-12-17/h1-9,11-12,14-15H,10,13,16H2,(H,27,29,31). The van der Waals surface area contributed by atoms with Gasteiger partial charge >= 0.3 is 6.03 Å². The lowest BCUT2D eigenvalue weighted by Crippen LogP contribution is -2.65. The maximum absolute atomic E-state index is 13.8. The van der Waals surface area contributed by atoms with Gasteiger partial charge in [0.1, 0.15) is 5.41 Å². The second-order valence-electron chi connectivity index (χ2n) is 7.48. The lowest BCUT2D eigenvalue weighted by molar-refractivity contribution is -0.143. The van der Waals surface area contributed by atoms with Crippen molar-refractivity contribution in [3.05, 3.63) is 94.7 Å². The minimum Gasteiger partial charge on any atom is -0.276 e. The number of carbonyl (C=O) groups is 3. The molecule has 1 saturated heterocycles. The molecule has 0 spiro atoms. The van der Waals surface area contributed by atoms with Gasteiger partial charge in [-0.3, -0.25) is 19.9 Å². The van der Waals surface area contributed by atoms with Crippen LogP contribution in [0.5, 0.6) is 0 Å². The van der Waals surface area contributed by atoms with Crippen LogP contribution in [-0.4, -0.2) is 22.8 Å². The van der Waals surface area contributed by atoms with E-state index < -0.39 is 23.3 Å². The second kappa shape index (κ2) is 8.81. The molecule has 0 saturated carbocycles. The van der Waals surface area contributed by atoms with Crippen LogP contribution in [0.2, 0.25) is 0 Å². The number of benzene rings is 2. The van der Waals surface area contributed by atoms with Gasteiger partial charge in [0.15, 0.2) is 0 Å². The number of imide groups is 2. The average molecular weight is 478 g/mol. The molecule has 31 heavy (non-hydrogen) atoms. The van der Waals surface area contributed by atoms with Gasteiger partial charge in [-0.1, -0.05) is 46.3 Å². The SMILES string of the molecule is O=C1NC(=O)C(CCc2ccncc2)(Cc2ccccc2)C(=O)N1c1ccc(Br)cc1. The van der Waals surface area contributed by atoms with Crippen molar-refractivity contribution in [2.45, 2.75) is 19.3 Å². The van der Waals surface area contributed by atoms with Crippen LogP contribution >= 0.6 is 15.9 Å². The summed E-state index contributed by atoms with van der Waals surface area (Å²) in [5.74, 6) is -1.07. The minimum absolute atomic E-state index is 0.198. The number of hydrogen-bond acceptors (Lipinski definition) is 4. The molecule has 1 atom stereocenters. The van der Waals surface area contributed by atoms with Gasteiger partial charge in [0.25, 0.3) is 5.91 Å². The van der Waals surface area contributed by atoms with E-state index in [4.69, 9.17) is 0 Å². The molecule has 6 nitrogen and oxygen atoms in total. The van der Waals surface area contributed by atoms with E-state index in [2.05, 4.69) is 26.2 Å². The van der Waals surface area contributed by atoms with Crippen LogP contribution < -0.4 is 10.2 Å². The Morgan fingerprint density at radius 3 is 2.23 bits per heavy atom. The van der Waals surface area contributed by atoms with Gasteiger partial charge in [0.05, 0.1) is 5.69 Å². The molecule has 1 unspecified atom stereocenters. The number of urea groups is 1. The number of aromatic nitrogens is 1. The molecule has 156 valence electrons. The predicted octanol–water partition coefficient (Wildman–Crippen LogP) is 4.29. The second-order valence-corrected chi connectivity index (χ2v) is 8.39. The van der Waals surface area contributed by atoms with Crippen molar-refractivity contribution in [2.24, 2.45) is 5.41 Å². The first-order valence-corrected chi connectivity index (χ1v) is 10.7. The fraction of sp³-hybridized carbons (Fsp3) is 0.167. The first-order valence-electron chi connectivity index (χ1n) is 9.88. The van der Waals surface area contributed by atoms with Crippen LogP contribution in [0.1, 0.15) is 17.5 Å². The van der Waals surface area contributed by atoms with Crippen molar-refractivity contribution in [1.82, 2.24) is 10.3 Å². The molecular formula is C24H20BrN3O3. The monoisotopic (exact) mass is 477 g/mol. The highest BCUT2D eigenvalue weighted by Crippen LogP contribution is 2.36. The largest absolute Gasteiger partial charge is 0.335 e. The van der Waals surface area contributed by atoms with Crippen LogP contribution in [0.3, 0.4) is 0 Å². The van der Waals surface area contributed by atoms with Gasteiger partial charge in [0.2, 0.25) is 5.91 Å². The van der Waals surface area contributed by atoms with Crippen molar-refractivity contribution >= 4 is 39.5 Å². The molecule has 1 aliphatic rings.